The van der Waals surface area contributed by atoms with E-state index < -0.39 is 6.10 Å². The van der Waals surface area contributed by atoms with E-state index in [-0.39, 0.29) is 18.9 Å². The number of nitrogens with one attached hydrogen (secondary N) is 1. The quantitative estimate of drug-likeness (QED) is 0.656. The minimum atomic E-state index is -0.578. The molecule has 1 fully saturated rings. The monoisotopic (exact) mass is 394 g/mol. The van der Waals surface area contributed by atoms with Crippen LogP contribution in [0, 0.1) is 0 Å². The molecular weight excluding hydrogens is 372 g/mol. The molecular formula is C21H22N4O4. The Kier molecular flexibility index (Phi) is 4.89. The van der Waals surface area contributed by atoms with Gasteiger partial charge in [-0.1, -0.05) is 41.6 Å². The van der Waals surface area contributed by atoms with Gasteiger partial charge in [-0.05, 0) is 17.7 Å². The van der Waals surface area contributed by atoms with Crippen LogP contribution in [0.3, 0.4) is 0 Å². The van der Waals surface area contributed by atoms with Crippen LogP contribution >= 0.6 is 0 Å². The van der Waals surface area contributed by atoms with Crippen molar-refractivity contribution < 1.29 is 19.3 Å². The van der Waals surface area contributed by atoms with E-state index >= 15 is 0 Å². The lowest BCUT2D eigenvalue weighted by Crippen LogP contribution is -2.45. The molecule has 150 valence electrons. The summed E-state index contributed by atoms with van der Waals surface area (Å²) < 4.78 is 18.4. The van der Waals surface area contributed by atoms with Crippen LogP contribution in [0.4, 0.5) is 0 Å². The number of aromatic nitrogens is 3. The molecule has 0 saturated carbocycles. The molecule has 2 aliphatic heterocycles. The molecule has 0 unspecified atom stereocenters. The van der Waals surface area contributed by atoms with Gasteiger partial charge in [0.15, 0.2) is 11.5 Å². The van der Waals surface area contributed by atoms with E-state index in [0.29, 0.717) is 19.7 Å². The highest BCUT2D eigenvalue weighted by Crippen LogP contribution is 2.32. The molecule has 1 aromatic heterocycles. The number of rotatable bonds is 6. The Balaban J connectivity index is 1.24. The lowest BCUT2D eigenvalue weighted by Gasteiger charge is -2.21. The fourth-order valence-corrected chi connectivity index (χ4v) is 3.71. The molecule has 8 heteroatoms. The zero-order valence-electron chi connectivity index (χ0n) is 15.8. The van der Waals surface area contributed by atoms with Gasteiger partial charge >= 0.3 is 0 Å². The van der Waals surface area contributed by atoms with Crippen molar-refractivity contribution in [2.24, 2.45) is 0 Å². The first-order chi connectivity index (χ1) is 14.3. The van der Waals surface area contributed by atoms with Crippen molar-refractivity contribution >= 4 is 0 Å². The second-order valence-electron chi connectivity index (χ2n) is 7.23. The molecule has 0 aliphatic carbocycles. The van der Waals surface area contributed by atoms with Crippen LogP contribution in [-0.2, 0) is 17.8 Å². The second kappa shape index (κ2) is 7.82. The summed E-state index contributed by atoms with van der Waals surface area (Å²) in [5, 5.41) is 22.3. The molecule has 0 amide bonds. The van der Waals surface area contributed by atoms with Crippen LogP contribution in [0.2, 0.25) is 0 Å². The Hall–Kier alpha value is -2.94. The van der Waals surface area contributed by atoms with Crippen LogP contribution in [0.1, 0.15) is 5.56 Å². The summed E-state index contributed by atoms with van der Waals surface area (Å²) in [4.78, 5) is 0. The van der Waals surface area contributed by atoms with E-state index in [4.69, 9.17) is 14.2 Å². The van der Waals surface area contributed by atoms with Crippen molar-refractivity contribution in [3.8, 4) is 22.8 Å². The molecule has 0 bridgehead atoms. The third kappa shape index (κ3) is 3.82. The number of hydrogen-bond acceptors (Lipinski definition) is 7. The van der Waals surface area contributed by atoms with E-state index in [1.54, 1.807) is 4.68 Å². The summed E-state index contributed by atoms with van der Waals surface area (Å²) in [5.74, 6) is 1.51. The third-order valence-corrected chi connectivity index (χ3v) is 5.25. The Morgan fingerprint density at radius 2 is 1.97 bits per heavy atom. The largest absolute Gasteiger partial charge is 0.454 e. The Morgan fingerprint density at radius 1 is 1.10 bits per heavy atom. The van der Waals surface area contributed by atoms with Crippen LogP contribution in [0.5, 0.6) is 11.5 Å². The molecule has 5 rings (SSSR count). The Morgan fingerprint density at radius 3 is 2.86 bits per heavy atom. The molecule has 3 aromatic rings. The van der Waals surface area contributed by atoms with Crippen molar-refractivity contribution in [2.45, 2.75) is 31.3 Å². The molecule has 2 aliphatic rings. The second-order valence-corrected chi connectivity index (χ2v) is 7.23. The maximum atomic E-state index is 10.4. The van der Waals surface area contributed by atoms with Crippen molar-refractivity contribution in [1.29, 1.82) is 0 Å². The van der Waals surface area contributed by atoms with Gasteiger partial charge in [0.25, 0.3) is 0 Å². The summed E-state index contributed by atoms with van der Waals surface area (Å²) in [6.07, 6.45) is 1.12. The van der Waals surface area contributed by atoms with Crippen molar-refractivity contribution in [2.75, 3.05) is 13.4 Å². The predicted molar refractivity (Wildman–Crippen MR) is 104 cm³/mol. The van der Waals surface area contributed by atoms with Gasteiger partial charge in [0.1, 0.15) is 5.69 Å². The number of aliphatic hydroxyl groups excluding tert-OH is 1. The van der Waals surface area contributed by atoms with Crippen LogP contribution in [0.25, 0.3) is 11.3 Å². The van der Waals surface area contributed by atoms with Crippen LogP contribution < -0.4 is 14.8 Å². The van der Waals surface area contributed by atoms with Gasteiger partial charge in [-0.2, -0.15) is 0 Å². The topological polar surface area (TPSA) is 90.7 Å². The minimum absolute atomic E-state index is 0.204. The van der Waals surface area contributed by atoms with E-state index in [1.807, 2.05) is 54.7 Å². The van der Waals surface area contributed by atoms with E-state index in [1.165, 1.54) is 0 Å². The van der Waals surface area contributed by atoms with Crippen molar-refractivity contribution in [1.82, 2.24) is 20.3 Å². The molecule has 1 saturated heterocycles. The standard InChI is InChI=1S/C21H22N4O4/c26-17-12-27-20(11-25-10-16(23-24-25)15-4-2-1-3-5-15)21(17)22-9-14-6-7-18-19(8-14)29-13-28-18/h1-8,10,17,20-22,26H,9,11-13H2/t17-,20+,21+/m0/s1. The van der Waals surface area contributed by atoms with Crippen LogP contribution in [0.15, 0.2) is 54.7 Å². The Labute approximate surface area is 168 Å². The van der Waals surface area contributed by atoms with Gasteiger partial charge in [-0.3, -0.25) is 0 Å². The highest BCUT2D eigenvalue weighted by atomic mass is 16.7. The SMILES string of the molecule is O[C@H]1CO[C@H](Cn2cc(-c3ccccc3)nn2)[C@@H]1NCc1ccc2c(c1)OCO2. The fraction of sp³-hybridized carbons (Fsp3) is 0.333. The molecule has 0 radical (unpaired) electrons. The van der Waals surface area contributed by atoms with E-state index in [9.17, 15) is 5.11 Å². The van der Waals surface area contributed by atoms with E-state index in [2.05, 4.69) is 15.6 Å². The number of nitrogens with zero attached hydrogens (tertiary/aromatic N) is 3. The van der Waals surface area contributed by atoms with E-state index in [0.717, 1.165) is 28.3 Å². The Bertz CT molecular complexity index is 978. The van der Waals surface area contributed by atoms with Gasteiger partial charge in [0.05, 0.1) is 37.6 Å². The van der Waals surface area contributed by atoms with Gasteiger partial charge in [-0.25, -0.2) is 4.68 Å². The zero-order valence-corrected chi connectivity index (χ0v) is 15.8. The highest BCUT2D eigenvalue weighted by Gasteiger charge is 2.36. The summed E-state index contributed by atoms with van der Waals surface area (Å²) in [5.41, 5.74) is 2.89. The van der Waals surface area contributed by atoms with Gasteiger partial charge in [0.2, 0.25) is 6.79 Å². The lowest BCUT2D eigenvalue weighted by atomic mass is 10.1. The molecule has 0 spiro atoms. The predicted octanol–water partition coefficient (Wildman–Crippen LogP) is 1.59. The first-order valence-corrected chi connectivity index (χ1v) is 9.63. The lowest BCUT2D eigenvalue weighted by molar-refractivity contribution is 0.0741. The molecule has 3 heterocycles. The average molecular weight is 394 g/mol. The summed E-state index contributed by atoms with van der Waals surface area (Å²) in [7, 11) is 0. The van der Waals surface area contributed by atoms with Crippen molar-refractivity contribution in [3.05, 3.63) is 60.3 Å². The molecule has 2 N–H and O–H groups in total. The maximum Gasteiger partial charge on any atom is 0.231 e. The maximum absolute atomic E-state index is 10.4. The van der Waals surface area contributed by atoms with Gasteiger partial charge in [-0.15, -0.1) is 5.10 Å². The number of hydrogen-bond donors (Lipinski definition) is 2. The summed E-state index contributed by atoms with van der Waals surface area (Å²) in [6.45, 7) is 1.65. The first-order valence-electron chi connectivity index (χ1n) is 9.63. The smallest absolute Gasteiger partial charge is 0.231 e. The first kappa shape index (κ1) is 18.1. The molecule has 29 heavy (non-hydrogen) atoms. The van der Waals surface area contributed by atoms with Crippen LogP contribution in [-0.4, -0.2) is 51.7 Å². The summed E-state index contributed by atoms with van der Waals surface area (Å²) >= 11 is 0. The average Bonchev–Trinajstić information content (AvgIpc) is 3.48. The summed E-state index contributed by atoms with van der Waals surface area (Å²) in [6, 6.07) is 15.6. The molecule has 8 nitrogen and oxygen atoms in total. The van der Waals surface area contributed by atoms with Gasteiger partial charge < -0.3 is 24.6 Å². The minimum Gasteiger partial charge on any atom is -0.454 e. The third-order valence-electron chi connectivity index (χ3n) is 5.25. The normalized spacial score (nSPS) is 22.9. The molecule has 2 aromatic carbocycles. The van der Waals surface area contributed by atoms with Gasteiger partial charge in [0, 0.05) is 12.1 Å². The number of ether oxygens (including phenoxy) is 3. The zero-order chi connectivity index (χ0) is 19.6. The number of benzene rings is 2. The fourth-order valence-electron chi connectivity index (χ4n) is 3.71. The molecule has 3 atom stereocenters. The number of aliphatic hydroxyl groups is 1. The highest BCUT2D eigenvalue weighted by molar-refractivity contribution is 5.57. The van der Waals surface area contributed by atoms with Crippen molar-refractivity contribution in [3.63, 3.8) is 0 Å². The number of fused-ring (bicyclic) bond motifs is 1.